The van der Waals surface area contributed by atoms with E-state index < -0.39 is 5.60 Å². The molecule has 3 aromatic rings. The lowest BCUT2D eigenvalue weighted by atomic mass is 9.72. The molecule has 162 valence electrons. The van der Waals surface area contributed by atoms with Crippen molar-refractivity contribution in [2.75, 3.05) is 32.8 Å². The van der Waals surface area contributed by atoms with Crippen LogP contribution >= 0.6 is 0 Å². The second kappa shape index (κ2) is 9.78. The molecule has 2 atom stereocenters. The van der Waals surface area contributed by atoms with Gasteiger partial charge in [0.05, 0.1) is 13.2 Å². The fourth-order valence-corrected chi connectivity index (χ4v) is 4.58. The van der Waals surface area contributed by atoms with E-state index in [4.69, 9.17) is 4.74 Å². The number of nitrogens with zero attached hydrogens (tertiary/aromatic N) is 1. The average Bonchev–Trinajstić information content (AvgIpc) is 2.84. The lowest BCUT2D eigenvalue weighted by molar-refractivity contribution is 0.000758. The fourth-order valence-electron chi connectivity index (χ4n) is 4.58. The van der Waals surface area contributed by atoms with Crippen molar-refractivity contribution in [1.29, 1.82) is 0 Å². The highest BCUT2D eigenvalue weighted by molar-refractivity contribution is 5.43. The molecule has 3 nitrogen and oxygen atoms in total. The number of hydrogen-bond donors (Lipinski definition) is 1. The van der Waals surface area contributed by atoms with Gasteiger partial charge in [-0.05, 0) is 35.6 Å². The summed E-state index contributed by atoms with van der Waals surface area (Å²) in [5, 5.41) is 12.6. The number of morpholine rings is 1. The van der Waals surface area contributed by atoms with E-state index in [1.165, 1.54) is 11.1 Å². The van der Waals surface area contributed by atoms with Gasteiger partial charge in [0.15, 0.2) is 0 Å². The van der Waals surface area contributed by atoms with Gasteiger partial charge in [-0.1, -0.05) is 91.3 Å². The minimum absolute atomic E-state index is 0.109. The fraction of sp³-hybridized carbons (Fsp3) is 0.357. The molecule has 0 aliphatic carbocycles. The summed E-state index contributed by atoms with van der Waals surface area (Å²) in [5.41, 5.74) is 4.35. The molecular formula is C28H33NO2. The zero-order valence-corrected chi connectivity index (χ0v) is 18.6. The van der Waals surface area contributed by atoms with Crippen molar-refractivity contribution in [3.8, 4) is 0 Å². The van der Waals surface area contributed by atoms with E-state index in [9.17, 15) is 5.11 Å². The van der Waals surface area contributed by atoms with Crippen molar-refractivity contribution in [2.24, 2.45) is 0 Å². The first-order chi connectivity index (χ1) is 15.1. The summed E-state index contributed by atoms with van der Waals surface area (Å²) >= 11 is 0. The van der Waals surface area contributed by atoms with Crippen LogP contribution < -0.4 is 0 Å². The number of benzene rings is 3. The van der Waals surface area contributed by atoms with Crippen LogP contribution in [-0.2, 0) is 16.8 Å². The van der Waals surface area contributed by atoms with Crippen LogP contribution in [0.4, 0.5) is 0 Å². The van der Waals surface area contributed by atoms with Gasteiger partial charge in [0.25, 0.3) is 0 Å². The number of aryl methyl sites for hydroxylation is 2. The van der Waals surface area contributed by atoms with E-state index in [1.54, 1.807) is 0 Å². The van der Waals surface area contributed by atoms with Gasteiger partial charge in [-0.25, -0.2) is 0 Å². The third-order valence-corrected chi connectivity index (χ3v) is 6.54. The Kier molecular flexibility index (Phi) is 6.86. The Hall–Kier alpha value is -2.46. The highest BCUT2D eigenvalue weighted by Gasteiger charge is 2.42. The van der Waals surface area contributed by atoms with E-state index in [1.807, 2.05) is 6.07 Å². The lowest BCUT2D eigenvalue weighted by Gasteiger charge is -2.41. The standard InChI is InChI=1S/C28H33NO2/c1-3-23-11-15-26(16-12-23)28(30,25-13-9-22(2)10-14-25)27(24-7-5-4-6-8-24)21-29-17-19-31-20-18-29/h4-16,27,30H,3,17-21H2,1-2H3/t27-,28-/m0/s1. The van der Waals surface area contributed by atoms with E-state index in [2.05, 4.69) is 91.5 Å². The van der Waals surface area contributed by atoms with Gasteiger partial charge >= 0.3 is 0 Å². The van der Waals surface area contributed by atoms with Crippen molar-refractivity contribution in [3.63, 3.8) is 0 Å². The molecule has 1 aliphatic heterocycles. The monoisotopic (exact) mass is 415 g/mol. The van der Waals surface area contributed by atoms with Crippen LogP contribution in [-0.4, -0.2) is 42.9 Å². The molecule has 0 spiro atoms. The Morgan fingerprint density at radius 1 is 0.871 bits per heavy atom. The van der Waals surface area contributed by atoms with Crippen molar-refractivity contribution in [3.05, 3.63) is 107 Å². The summed E-state index contributed by atoms with van der Waals surface area (Å²) in [7, 11) is 0. The molecule has 0 radical (unpaired) electrons. The van der Waals surface area contributed by atoms with Crippen molar-refractivity contribution < 1.29 is 9.84 Å². The first kappa shape index (κ1) is 21.8. The average molecular weight is 416 g/mol. The van der Waals surface area contributed by atoms with Crippen molar-refractivity contribution in [1.82, 2.24) is 4.90 Å². The first-order valence-electron chi connectivity index (χ1n) is 11.3. The van der Waals surface area contributed by atoms with Crippen LogP contribution in [0.3, 0.4) is 0 Å². The smallest absolute Gasteiger partial charge is 0.123 e. The van der Waals surface area contributed by atoms with Crippen molar-refractivity contribution >= 4 is 0 Å². The molecule has 1 saturated heterocycles. The van der Waals surface area contributed by atoms with Crippen LogP contribution in [0.5, 0.6) is 0 Å². The van der Waals surface area contributed by atoms with Crippen molar-refractivity contribution in [2.45, 2.75) is 31.8 Å². The van der Waals surface area contributed by atoms with E-state index in [0.717, 1.165) is 56.0 Å². The van der Waals surface area contributed by atoms with Crippen LogP contribution in [0.15, 0.2) is 78.9 Å². The number of rotatable bonds is 7. The SMILES string of the molecule is CCc1ccc([C@@](O)(c2ccc(C)cc2)[C@@H](CN2CCOCC2)c2ccccc2)cc1. The maximum atomic E-state index is 12.6. The summed E-state index contributed by atoms with van der Waals surface area (Å²) in [6, 6.07) is 27.3. The molecule has 3 aromatic carbocycles. The molecule has 0 amide bonds. The maximum absolute atomic E-state index is 12.6. The molecule has 0 bridgehead atoms. The summed E-state index contributed by atoms with van der Waals surface area (Å²) in [6.45, 7) is 8.29. The molecule has 1 heterocycles. The minimum atomic E-state index is -1.14. The second-order valence-electron chi connectivity index (χ2n) is 8.56. The Morgan fingerprint density at radius 3 is 2.03 bits per heavy atom. The Balaban J connectivity index is 1.84. The highest BCUT2D eigenvalue weighted by Crippen LogP contribution is 2.43. The zero-order chi connectivity index (χ0) is 21.7. The Labute approximate surface area is 186 Å². The first-order valence-corrected chi connectivity index (χ1v) is 11.3. The molecule has 31 heavy (non-hydrogen) atoms. The molecule has 4 rings (SSSR count). The highest BCUT2D eigenvalue weighted by atomic mass is 16.5. The summed E-state index contributed by atoms with van der Waals surface area (Å²) in [4.78, 5) is 2.42. The maximum Gasteiger partial charge on any atom is 0.123 e. The Bertz CT molecular complexity index is 947. The zero-order valence-electron chi connectivity index (χ0n) is 18.6. The third-order valence-electron chi connectivity index (χ3n) is 6.54. The van der Waals surface area contributed by atoms with Gasteiger partial charge in [0.2, 0.25) is 0 Å². The molecule has 1 N–H and O–H groups in total. The molecular weight excluding hydrogens is 382 g/mol. The van der Waals surface area contributed by atoms with E-state index in [0.29, 0.717) is 0 Å². The van der Waals surface area contributed by atoms with E-state index in [-0.39, 0.29) is 5.92 Å². The molecule has 0 saturated carbocycles. The van der Waals surface area contributed by atoms with Crippen LogP contribution in [0.2, 0.25) is 0 Å². The summed E-state index contributed by atoms with van der Waals surface area (Å²) < 4.78 is 5.58. The molecule has 0 aromatic heterocycles. The van der Waals surface area contributed by atoms with Gasteiger partial charge in [0, 0.05) is 25.6 Å². The number of ether oxygens (including phenoxy) is 1. The lowest BCUT2D eigenvalue weighted by Crippen LogP contribution is -2.45. The van der Waals surface area contributed by atoms with Crippen LogP contribution in [0, 0.1) is 6.92 Å². The van der Waals surface area contributed by atoms with Gasteiger partial charge in [-0.3, -0.25) is 4.90 Å². The van der Waals surface area contributed by atoms with Gasteiger partial charge in [-0.15, -0.1) is 0 Å². The number of aliphatic hydroxyl groups is 1. The second-order valence-corrected chi connectivity index (χ2v) is 8.56. The van der Waals surface area contributed by atoms with Gasteiger partial charge in [-0.2, -0.15) is 0 Å². The van der Waals surface area contributed by atoms with Gasteiger partial charge in [0.1, 0.15) is 5.60 Å². The Morgan fingerprint density at radius 2 is 1.45 bits per heavy atom. The number of hydrogen-bond acceptors (Lipinski definition) is 3. The van der Waals surface area contributed by atoms with Gasteiger partial charge < -0.3 is 9.84 Å². The summed E-state index contributed by atoms with van der Waals surface area (Å²) in [6.07, 6.45) is 0.985. The van der Waals surface area contributed by atoms with E-state index >= 15 is 0 Å². The molecule has 3 heteroatoms. The quantitative estimate of drug-likeness (QED) is 0.595. The minimum Gasteiger partial charge on any atom is -0.380 e. The summed E-state index contributed by atoms with van der Waals surface area (Å²) in [5.74, 6) is -0.109. The largest absolute Gasteiger partial charge is 0.380 e. The normalized spacial score (nSPS) is 17.8. The predicted octanol–water partition coefficient (Wildman–Crippen LogP) is 4.91. The molecule has 0 unspecified atom stereocenters. The molecule has 1 aliphatic rings. The third kappa shape index (κ3) is 4.74. The van der Waals surface area contributed by atoms with Crippen LogP contribution in [0.25, 0.3) is 0 Å². The van der Waals surface area contributed by atoms with Crippen LogP contribution in [0.1, 0.15) is 40.7 Å². The topological polar surface area (TPSA) is 32.7 Å². The molecule has 1 fully saturated rings. The predicted molar refractivity (Wildman–Crippen MR) is 126 cm³/mol.